The van der Waals surface area contributed by atoms with Crippen LogP contribution in [-0.4, -0.2) is 19.1 Å². The number of para-hydroxylation sites is 1. The van der Waals surface area contributed by atoms with Gasteiger partial charge in [0.15, 0.2) is 0 Å². The Morgan fingerprint density at radius 1 is 1.35 bits per heavy atom. The molecule has 92 valence electrons. The molecule has 1 aliphatic heterocycles. The maximum atomic E-state index is 13.6. The Kier molecular flexibility index (Phi) is 3.15. The molecule has 1 aromatic carbocycles. The molecule has 0 atom stereocenters. The van der Waals surface area contributed by atoms with E-state index in [0.29, 0.717) is 13.1 Å². The highest BCUT2D eigenvalue weighted by Crippen LogP contribution is 2.46. The standard InChI is InChI=1S/C9H12FN4O2P/c10-7-3-1-2-4-8(7)14(9(11)15)17(16)12-5-6-13-17/h1-4H,5-6H2,(H2,11,15)(H2,12,13,16). The van der Waals surface area contributed by atoms with Gasteiger partial charge in [-0.15, -0.1) is 0 Å². The van der Waals surface area contributed by atoms with Crippen LogP contribution in [0.3, 0.4) is 0 Å². The van der Waals surface area contributed by atoms with Crippen molar-refractivity contribution in [3.05, 3.63) is 30.1 Å². The molecule has 0 aromatic heterocycles. The molecule has 4 N–H and O–H groups in total. The second-order valence-electron chi connectivity index (χ2n) is 3.49. The minimum atomic E-state index is -3.37. The molecular formula is C9H12FN4O2P. The summed E-state index contributed by atoms with van der Waals surface area (Å²) in [5, 5.41) is 5.29. The number of nitrogens with two attached hydrogens (primary N) is 1. The lowest BCUT2D eigenvalue weighted by atomic mass is 10.3. The van der Waals surface area contributed by atoms with Gasteiger partial charge in [-0.1, -0.05) is 12.1 Å². The van der Waals surface area contributed by atoms with E-state index in [2.05, 4.69) is 10.2 Å². The molecule has 2 rings (SSSR count). The van der Waals surface area contributed by atoms with Crippen LogP contribution in [0.2, 0.25) is 0 Å². The van der Waals surface area contributed by atoms with Crippen molar-refractivity contribution in [1.29, 1.82) is 0 Å². The van der Waals surface area contributed by atoms with Gasteiger partial charge >= 0.3 is 13.6 Å². The van der Waals surface area contributed by atoms with Crippen molar-refractivity contribution < 1.29 is 13.8 Å². The molecule has 17 heavy (non-hydrogen) atoms. The van der Waals surface area contributed by atoms with E-state index in [0.717, 1.165) is 4.67 Å². The number of hydrogen-bond acceptors (Lipinski definition) is 2. The summed E-state index contributed by atoms with van der Waals surface area (Å²) >= 11 is 0. The molecule has 6 nitrogen and oxygen atoms in total. The lowest BCUT2D eigenvalue weighted by Gasteiger charge is -2.26. The molecule has 1 heterocycles. The monoisotopic (exact) mass is 258 g/mol. The van der Waals surface area contributed by atoms with Crippen LogP contribution in [0, 0.1) is 5.82 Å². The van der Waals surface area contributed by atoms with Gasteiger partial charge in [-0.2, -0.15) is 0 Å². The first-order valence-electron chi connectivity index (χ1n) is 4.99. The normalized spacial score (nSPS) is 17.9. The zero-order valence-electron chi connectivity index (χ0n) is 8.89. The number of halogens is 1. The third-order valence-corrected chi connectivity index (χ3v) is 4.63. The van der Waals surface area contributed by atoms with Crippen molar-refractivity contribution in [2.75, 3.05) is 17.8 Å². The van der Waals surface area contributed by atoms with E-state index in [-0.39, 0.29) is 5.69 Å². The van der Waals surface area contributed by atoms with Crippen molar-refractivity contribution in [2.24, 2.45) is 5.73 Å². The van der Waals surface area contributed by atoms with Crippen LogP contribution in [0.25, 0.3) is 0 Å². The first-order valence-corrected chi connectivity index (χ1v) is 6.65. The molecular weight excluding hydrogens is 246 g/mol. The van der Waals surface area contributed by atoms with E-state index in [4.69, 9.17) is 5.73 Å². The fraction of sp³-hybridized carbons (Fsp3) is 0.222. The number of carbonyl (C=O) groups is 1. The van der Waals surface area contributed by atoms with Crippen molar-refractivity contribution in [3.8, 4) is 0 Å². The van der Waals surface area contributed by atoms with E-state index in [1.807, 2.05) is 0 Å². The second kappa shape index (κ2) is 4.44. The zero-order valence-corrected chi connectivity index (χ0v) is 9.78. The molecule has 0 aliphatic carbocycles. The van der Waals surface area contributed by atoms with Crippen LogP contribution >= 0.6 is 7.59 Å². The number of rotatable bonds is 2. The predicted octanol–water partition coefficient (Wildman–Crippen LogP) is 1.01. The molecule has 0 saturated carbocycles. The van der Waals surface area contributed by atoms with Gasteiger partial charge in [0, 0.05) is 13.1 Å². The second-order valence-corrected chi connectivity index (χ2v) is 5.68. The van der Waals surface area contributed by atoms with Gasteiger partial charge in [-0.3, -0.25) is 4.57 Å². The summed E-state index contributed by atoms with van der Waals surface area (Å²) in [7, 11) is -3.37. The molecule has 1 saturated heterocycles. The molecule has 1 aromatic rings. The number of carbonyl (C=O) groups excluding carboxylic acids is 1. The summed E-state index contributed by atoms with van der Waals surface area (Å²) in [6, 6.07) is 4.56. The molecule has 2 amide bonds. The van der Waals surface area contributed by atoms with Crippen LogP contribution in [0.4, 0.5) is 14.9 Å². The molecule has 0 bridgehead atoms. The number of primary amides is 1. The number of benzene rings is 1. The van der Waals surface area contributed by atoms with Crippen molar-refractivity contribution in [2.45, 2.75) is 0 Å². The van der Waals surface area contributed by atoms with E-state index in [9.17, 15) is 13.8 Å². The summed E-state index contributed by atoms with van der Waals surface area (Å²) in [5.74, 6) is -0.656. The Hall–Kier alpha value is -1.43. The van der Waals surface area contributed by atoms with E-state index < -0.39 is 19.4 Å². The lowest BCUT2D eigenvalue weighted by Crippen LogP contribution is -2.38. The van der Waals surface area contributed by atoms with Gasteiger partial charge in [-0.05, 0) is 12.1 Å². The SMILES string of the molecule is NC(=O)N(c1ccccc1F)P1(=O)NCCN1. The summed E-state index contributed by atoms with van der Waals surface area (Å²) in [6.45, 7) is 0.852. The summed E-state index contributed by atoms with van der Waals surface area (Å²) in [4.78, 5) is 11.4. The lowest BCUT2D eigenvalue weighted by molar-refractivity contribution is 0.256. The highest BCUT2D eigenvalue weighted by molar-refractivity contribution is 7.62. The summed E-state index contributed by atoms with van der Waals surface area (Å²) < 4.78 is 26.7. The van der Waals surface area contributed by atoms with Crippen molar-refractivity contribution in [3.63, 3.8) is 0 Å². The maximum absolute atomic E-state index is 13.6. The number of anilines is 1. The topological polar surface area (TPSA) is 87.5 Å². The first-order chi connectivity index (χ1) is 8.04. The van der Waals surface area contributed by atoms with Gasteiger partial charge in [0.1, 0.15) is 5.82 Å². The van der Waals surface area contributed by atoms with E-state index in [1.54, 1.807) is 0 Å². The Labute approximate surface area is 97.5 Å². The van der Waals surface area contributed by atoms with Crippen LogP contribution in [0.1, 0.15) is 0 Å². The van der Waals surface area contributed by atoms with Gasteiger partial charge in [0.2, 0.25) is 0 Å². The Bertz CT molecular complexity index is 486. The number of urea groups is 1. The zero-order chi connectivity index (χ0) is 12.5. The number of amides is 2. The summed E-state index contributed by atoms with van der Waals surface area (Å²) in [5.41, 5.74) is 5.06. The largest absolute Gasteiger partial charge is 0.351 e. The Balaban J connectivity index is 2.47. The van der Waals surface area contributed by atoms with E-state index >= 15 is 0 Å². The minimum absolute atomic E-state index is 0.106. The maximum Gasteiger partial charge on any atom is 0.326 e. The van der Waals surface area contributed by atoms with Crippen molar-refractivity contribution >= 4 is 19.3 Å². The highest BCUT2D eigenvalue weighted by Gasteiger charge is 2.38. The van der Waals surface area contributed by atoms with Crippen LogP contribution in [0.15, 0.2) is 24.3 Å². The first kappa shape index (κ1) is 12.0. The smallest absolute Gasteiger partial charge is 0.326 e. The number of nitrogens with zero attached hydrogens (tertiary/aromatic N) is 1. The molecule has 8 heteroatoms. The predicted molar refractivity (Wildman–Crippen MR) is 62.1 cm³/mol. The van der Waals surface area contributed by atoms with Crippen LogP contribution in [-0.2, 0) is 4.57 Å². The van der Waals surface area contributed by atoms with Gasteiger partial charge < -0.3 is 5.73 Å². The number of nitrogens with one attached hydrogen (secondary N) is 2. The molecule has 0 radical (unpaired) electrons. The fourth-order valence-electron chi connectivity index (χ4n) is 1.64. The molecule has 0 unspecified atom stereocenters. The third-order valence-electron chi connectivity index (χ3n) is 2.35. The van der Waals surface area contributed by atoms with Gasteiger partial charge in [-0.25, -0.2) is 24.0 Å². The highest BCUT2D eigenvalue weighted by atomic mass is 31.2. The average Bonchev–Trinajstić information content (AvgIpc) is 2.68. The molecule has 0 spiro atoms. The third kappa shape index (κ3) is 2.17. The Morgan fingerprint density at radius 3 is 2.47 bits per heavy atom. The fourth-order valence-corrected chi connectivity index (χ4v) is 3.61. The van der Waals surface area contributed by atoms with Crippen LogP contribution < -0.4 is 20.6 Å². The molecule has 1 fully saturated rings. The molecule has 1 aliphatic rings. The van der Waals surface area contributed by atoms with E-state index in [1.165, 1.54) is 24.3 Å². The quantitative estimate of drug-likeness (QED) is 0.691. The number of hydrogen-bond donors (Lipinski definition) is 3. The van der Waals surface area contributed by atoms with Crippen LogP contribution in [0.5, 0.6) is 0 Å². The van der Waals surface area contributed by atoms with Gasteiger partial charge in [0.25, 0.3) is 0 Å². The Morgan fingerprint density at radius 2 is 1.94 bits per heavy atom. The average molecular weight is 258 g/mol. The van der Waals surface area contributed by atoms with Crippen molar-refractivity contribution in [1.82, 2.24) is 10.2 Å². The minimum Gasteiger partial charge on any atom is -0.351 e. The van der Waals surface area contributed by atoms with Gasteiger partial charge in [0.05, 0.1) is 5.69 Å². The summed E-state index contributed by atoms with van der Waals surface area (Å²) in [6.07, 6.45) is 0.